The highest BCUT2D eigenvalue weighted by atomic mass is 16.5. The predicted molar refractivity (Wildman–Crippen MR) is 71.6 cm³/mol. The van der Waals surface area contributed by atoms with Crippen molar-refractivity contribution in [2.75, 3.05) is 12.3 Å². The van der Waals surface area contributed by atoms with E-state index < -0.39 is 5.97 Å². The van der Waals surface area contributed by atoms with Gasteiger partial charge < -0.3 is 10.5 Å². The molecule has 102 valence electrons. The minimum absolute atomic E-state index is 0.253. The first-order chi connectivity index (χ1) is 8.32. The Bertz CT molecular complexity index is 430. The molecule has 1 aromatic heterocycles. The number of carbonyl (C=O) groups is 1. The highest BCUT2D eigenvalue weighted by Gasteiger charge is 2.26. The van der Waals surface area contributed by atoms with Crippen molar-refractivity contribution in [3.63, 3.8) is 0 Å². The molecular weight excluding hydrogens is 230 g/mol. The Morgan fingerprint density at radius 2 is 2.00 bits per heavy atom. The molecule has 0 aliphatic rings. The molecule has 0 unspecified atom stereocenters. The summed E-state index contributed by atoms with van der Waals surface area (Å²) in [6.07, 6.45) is 1.64. The van der Waals surface area contributed by atoms with Gasteiger partial charge in [-0.05, 0) is 34.1 Å². The number of aromatic nitrogens is 2. The van der Waals surface area contributed by atoms with E-state index in [4.69, 9.17) is 10.5 Å². The molecule has 0 aromatic carbocycles. The lowest BCUT2D eigenvalue weighted by Crippen LogP contribution is -2.25. The van der Waals surface area contributed by atoms with Gasteiger partial charge in [-0.15, -0.1) is 0 Å². The Balaban J connectivity index is 3.28. The number of ether oxygens (including phenoxy) is 1. The van der Waals surface area contributed by atoms with Crippen molar-refractivity contribution in [2.24, 2.45) is 0 Å². The summed E-state index contributed by atoms with van der Waals surface area (Å²) in [6, 6.07) is 0. The molecule has 0 bridgehead atoms. The van der Waals surface area contributed by atoms with E-state index in [9.17, 15) is 4.79 Å². The van der Waals surface area contributed by atoms with Crippen LogP contribution in [0, 0.1) is 0 Å². The van der Waals surface area contributed by atoms with Crippen LogP contribution in [0.1, 0.15) is 57.1 Å². The summed E-state index contributed by atoms with van der Waals surface area (Å²) < 4.78 is 6.72. The fraction of sp³-hybridized carbons (Fsp3) is 0.692. The second-order valence-corrected chi connectivity index (χ2v) is 5.27. The maximum Gasteiger partial charge on any atom is 0.359 e. The first kappa shape index (κ1) is 14.5. The zero-order valence-electron chi connectivity index (χ0n) is 11.9. The number of nitrogen functional groups attached to an aromatic ring is 1. The van der Waals surface area contributed by atoms with E-state index in [-0.39, 0.29) is 5.54 Å². The molecule has 0 radical (unpaired) electrons. The average Bonchev–Trinajstić information content (AvgIpc) is 2.57. The molecule has 0 saturated heterocycles. The number of rotatable bonds is 4. The molecule has 0 fully saturated rings. The van der Waals surface area contributed by atoms with Gasteiger partial charge in [-0.3, -0.25) is 0 Å². The van der Waals surface area contributed by atoms with Crippen molar-refractivity contribution in [2.45, 2.75) is 53.0 Å². The van der Waals surface area contributed by atoms with E-state index in [0.717, 1.165) is 18.4 Å². The summed E-state index contributed by atoms with van der Waals surface area (Å²) in [4.78, 5) is 11.9. The molecule has 1 aromatic rings. The number of nitrogens with two attached hydrogens (primary N) is 1. The predicted octanol–water partition coefficient (Wildman–Crippen LogP) is 2.35. The van der Waals surface area contributed by atoms with Crippen LogP contribution in [0.5, 0.6) is 0 Å². The Morgan fingerprint density at radius 3 is 2.44 bits per heavy atom. The van der Waals surface area contributed by atoms with Crippen LogP contribution >= 0.6 is 0 Å². The molecule has 0 aliphatic heterocycles. The lowest BCUT2D eigenvalue weighted by Gasteiger charge is -2.20. The maximum atomic E-state index is 11.9. The second kappa shape index (κ2) is 5.42. The van der Waals surface area contributed by atoms with Crippen LogP contribution in [-0.4, -0.2) is 22.4 Å². The third-order valence-corrected chi connectivity index (χ3v) is 2.63. The molecular formula is C13H23N3O2. The van der Waals surface area contributed by atoms with Gasteiger partial charge in [0, 0.05) is 5.56 Å². The maximum absolute atomic E-state index is 11.9. The molecule has 1 rings (SSSR count). The smallest absolute Gasteiger partial charge is 0.359 e. The number of hydrogen-bond acceptors (Lipinski definition) is 4. The van der Waals surface area contributed by atoms with Crippen LogP contribution < -0.4 is 5.73 Å². The SMILES string of the molecule is CCCc1c(C(=O)OCC)nn(C(C)(C)C)c1N. The standard InChI is InChI=1S/C13H23N3O2/c1-6-8-9-10(12(17)18-7-2)15-16(11(9)14)13(3,4)5/h6-8,14H2,1-5H3. The highest BCUT2D eigenvalue weighted by Crippen LogP contribution is 2.25. The highest BCUT2D eigenvalue weighted by molar-refractivity contribution is 5.90. The molecule has 0 amide bonds. The van der Waals surface area contributed by atoms with E-state index in [1.54, 1.807) is 11.6 Å². The van der Waals surface area contributed by atoms with Crippen LogP contribution in [0.2, 0.25) is 0 Å². The van der Waals surface area contributed by atoms with Gasteiger partial charge in [0.05, 0.1) is 12.1 Å². The number of esters is 1. The number of carbonyl (C=O) groups excluding carboxylic acids is 1. The van der Waals surface area contributed by atoms with Gasteiger partial charge in [0.1, 0.15) is 5.82 Å². The summed E-state index contributed by atoms with van der Waals surface area (Å²) in [5.41, 5.74) is 7.00. The molecule has 0 aliphatic carbocycles. The molecule has 2 N–H and O–H groups in total. The van der Waals surface area contributed by atoms with Gasteiger partial charge in [-0.25, -0.2) is 9.48 Å². The number of hydrogen-bond donors (Lipinski definition) is 1. The molecule has 0 saturated carbocycles. The quantitative estimate of drug-likeness (QED) is 0.836. The van der Waals surface area contributed by atoms with Crippen molar-refractivity contribution < 1.29 is 9.53 Å². The Labute approximate surface area is 108 Å². The molecule has 5 heteroatoms. The zero-order chi connectivity index (χ0) is 13.9. The fourth-order valence-corrected chi connectivity index (χ4v) is 1.83. The Hall–Kier alpha value is -1.52. The van der Waals surface area contributed by atoms with Crippen LogP contribution in [0.15, 0.2) is 0 Å². The number of nitrogens with zero attached hydrogens (tertiary/aromatic N) is 2. The molecule has 1 heterocycles. The molecule has 0 atom stereocenters. The molecule has 0 spiro atoms. The van der Waals surface area contributed by atoms with Gasteiger partial charge in [0.2, 0.25) is 0 Å². The Kier molecular flexibility index (Phi) is 4.38. The average molecular weight is 253 g/mol. The van der Waals surface area contributed by atoms with Crippen LogP contribution in [0.4, 0.5) is 5.82 Å². The van der Waals surface area contributed by atoms with Gasteiger partial charge in [-0.1, -0.05) is 13.3 Å². The van der Waals surface area contributed by atoms with E-state index in [0.29, 0.717) is 18.1 Å². The summed E-state index contributed by atoms with van der Waals surface area (Å²) in [6.45, 7) is 10.2. The summed E-state index contributed by atoms with van der Waals surface area (Å²) in [7, 11) is 0. The van der Waals surface area contributed by atoms with E-state index in [2.05, 4.69) is 5.10 Å². The van der Waals surface area contributed by atoms with Gasteiger partial charge >= 0.3 is 5.97 Å². The van der Waals surface area contributed by atoms with Gasteiger partial charge in [0.15, 0.2) is 5.69 Å². The molecule has 18 heavy (non-hydrogen) atoms. The second-order valence-electron chi connectivity index (χ2n) is 5.27. The third kappa shape index (κ3) is 2.83. The van der Waals surface area contributed by atoms with Gasteiger partial charge in [0.25, 0.3) is 0 Å². The largest absolute Gasteiger partial charge is 0.461 e. The topological polar surface area (TPSA) is 70.1 Å². The lowest BCUT2D eigenvalue weighted by molar-refractivity contribution is 0.0516. The van der Waals surface area contributed by atoms with Gasteiger partial charge in [-0.2, -0.15) is 5.10 Å². The minimum atomic E-state index is -0.393. The normalized spacial score (nSPS) is 11.6. The molecule has 5 nitrogen and oxygen atoms in total. The monoisotopic (exact) mass is 253 g/mol. The van der Waals surface area contributed by atoms with E-state index in [1.165, 1.54) is 0 Å². The van der Waals surface area contributed by atoms with Crippen LogP contribution in [0.3, 0.4) is 0 Å². The summed E-state index contributed by atoms with van der Waals surface area (Å²) >= 11 is 0. The summed E-state index contributed by atoms with van der Waals surface area (Å²) in [5.74, 6) is 0.169. The minimum Gasteiger partial charge on any atom is -0.461 e. The lowest BCUT2D eigenvalue weighted by atomic mass is 10.1. The first-order valence-electron chi connectivity index (χ1n) is 6.37. The fourth-order valence-electron chi connectivity index (χ4n) is 1.83. The van der Waals surface area contributed by atoms with Crippen molar-refractivity contribution in [1.29, 1.82) is 0 Å². The summed E-state index contributed by atoms with van der Waals surface area (Å²) in [5, 5.41) is 4.34. The van der Waals surface area contributed by atoms with Crippen LogP contribution in [-0.2, 0) is 16.7 Å². The van der Waals surface area contributed by atoms with Crippen LogP contribution in [0.25, 0.3) is 0 Å². The first-order valence-corrected chi connectivity index (χ1v) is 6.37. The van der Waals surface area contributed by atoms with Crippen molar-refractivity contribution in [3.8, 4) is 0 Å². The zero-order valence-corrected chi connectivity index (χ0v) is 11.9. The Morgan fingerprint density at radius 1 is 1.39 bits per heavy atom. The van der Waals surface area contributed by atoms with E-state index >= 15 is 0 Å². The van der Waals surface area contributed by atoms with E-state index in [1.807, 2.05) is 27.7 Å². The number of anilines is 1. The van der Waals surface area contributed by atoms with Crippen molar-refractivity contribution in [1.82, 2.24) is 9.78 Å². The van der Waals surface area contributed by atoms with Crippen molar-refractivity contribution in [3.05, 3.63) is 11.3 Å². The van der Waals surface area contributed by atoms with Crippen molar-refractivity contribution >= 4 is 11.8 Å². The third-order valence-electron chi connectivity index (χ3n) is 2.63.